The number of carbonyl (C=O) groups is 1. The van der Waals surface area contributed by atoms with Gasteiger partial charge in [-0.25, -0.2) is 0 Å². The van der Waals surface area contributed by atoms with E-state index in [1.54, 1.807) is 0 Å². The second-order valence-corrected chi connectivity index (χ2v) is 3.84. The van der Waals surface area contributed by atoms with Gasteiger partial charge in [-0.3, -0.25) is 9.78 Å². The number of amides is 1. The Morgan fingerprint density at radius 3 is 2.88 bits per heavy atom. The van der Waals surface area contributed by atoms with Gasteiger partial charge in [-0.1, -0.05) is 0 Å². The Kier molecular flexibility index (Phi) is 4.72. The van der Waals surface area contributed by atoms with Gasteiger partial charge in [0, 0.05) is 12.7 Å². The summed E-state index contributed by atoms with van der Waals surface area (Å²) < 4.78 is 0. The van der Waals surface area contributed by atoms with E-state index in [0.717, 1.165) is 13.0 Å². The smallest absolute Gasteiger partial charge is 0.252 e. The number of pyridine rings is 1. The molecular formula is C11H17N3O2. The van der Waals surface area contributed by atoms with Crippen LogP contribution in [0.25, 0.3) is 0 Å². The fraction of sp³-hybridized carbons (Fsp3) is 0.455. The highest BCUT2D eigenvalue weighted by Crippen LogP contribution is 2.07. The molecule has 88 valence electrons. The van der Waals surface area contributed by atoms with Crippen LogP contribution in [0.15, 0.2) is 18.5 Å². The van der Waals surface area contributed by atoms with Gasteiger partial charge >= 0.3 is 0 Å². The number of hydrogen-bond donors (Lipinski definition) is 2. The molecule has 0 aliphatic carbocycles. The molecule has 0 aromatic carbocycles. The zero-order valence-corrected chi connectivity index (χ0v) is 9.60. The third-order valence-corrected chi connectivity index (χ3v) is 2.05. The summed E-state index contributed by atoms with van der Waals surface area (Å²) in [5.41, 5.74) is 0.379. The van der Waals surface area contributed by atoms with Crippen molar-refractivity contribution >= 4 is 5.91 Å². The zero-order valence-electron chi connectivity index (χ0n) is 9.60. The minimum Gasteiger partial charge on any atom is -0.506 e. The van der Waals surface area contributed by atoms with Crippen LogP contribution in [0.4, 0.5) is 0 Å². The molecule has 1 heterocycles. The Morgan fingerprint density at radius 2 is 2.25 bits per heavy atom. The van der Waals surface area contributed by atoms with Crippen molar-refractivity contribution in [2.24, 2.45) is 0 Å². The van der Waals surface area contributed by atoms with Crippen molar-refractivity contribution in [3.63, 3.8) is 0 Å². The van der Waals surface area contributed by atoms with Gasteiger partial charge < -0.3 is 15.3 Å². The summed E-state index contributed by atoms with van der Waals surface area (Å²) in [5, 5.41) is 11.9. The van der Waals surface area contributed by atoms with Crippen LogP contribution in [0.3, 0.4) is 0 Å². The third-order valence-electron chi connectivity index (χ3n) is 2.05. The predicted molar refractivity (Wildman–Crippen MR) is 61.4 cm³/mol. The first-order chi connectivity index (χ1) is 7.59. The maximum Gasteiger partial charge on any atom is 0.252 e. The Labute approximate surface area is 95.1 Å². The van der Waals surface area contributed by atoms with Gasteiger partial charge in [0.15, 0.2) is 0 Å². The Hall–Kier alpha value is -1.62. The van der Waals surface area contributed by atoms with E-state index in [1.807, 2.05) is 14.1 Å². The van der Waals surface area contributed by atoms with Crippen molar-refractivity contribution in [3.8, 4) is 5.75 Å². The van der Waals surface area contributed by atoms with Gasteiger partial charge in [-0.2, -0.15) is 0 Å². The maximum atomic E-state index is 11.6. The Morgan fingerprint density at radius 1 is 1.50 bits per heavy atom. The van der Waals surface area contributed by atoms with Crippen LogP contribution in [0.1, 0.15) is 16.8 Å². The second-order valence-electron chi connectivity index (χ2n) is 3.84. The van der Waals surface area contributed by atoms with Crippen molar-refractivity contribution in [2.45, 2.75) is 6.42 Å². The quantitative estimate of drug-likeness (QED) is 0.712. The summed E-state index contributed by atoms with van der Waals surface area (Å²) in [6.45, 7) is 1.55. The highest BCUT2D eigenvalue weighted by Gasteiger charge is 2.05. The van der Waals surface area contributed by atoms with Crippen molar-refractivity contribution < 1.29 is 9.90 Å². The molecule has 0 bridgehead atoms. The fourth-order valence-corrected chi connectivity index (χ4v) is 1.25. The van der Waals surface area contributed by atoms with E-state index in [1.165, 1.54) is 18.5 Å². The number of hydrogen-bond acceptors (Lipinski definition) is 4. The molecule has 1 amide bonds. The molecular weight excluding hydrogens is 206 g/mol. The van der Waals surface area contributed by atoms with Crippen molar-refractivity contribution in [2.75, 3.05) is 27.2 Å². The largest absolute Gasteiger partial charge is 0.506 e. The van der Waals surface area contributed by atoms with E-state index >= 15 is 0 Å². The molecule has 1 rings (SSSR count). The van der Waals surface area contributed by atoms with E-state index in [4.69, 9.17) is 5.11 Å². The summed E-state index contributed by atoms with van der Waals surface area (Å²) in [7, 11) is 3.97. The van der Waals surface area contributed by atoms with Gasteiger partial charge in [0.1, 0.15) is 5.75 Å². The first-order valence-electron chi connectivity index (χ1n) is 5.16. The molecule has 0 radical (unpaired) electrons. The molecule has 0 fully saturated rings. The number of nitrogens with one attached hydrogen (secondary N) is 1. The highest BCUT2D eigenvalue weighted by molar-refractivity contribution is 5.94. The molecule has 0 aliphatic rings. The van der Waals surface area contributed by atoms with E-state index in [0.29, 0.717) is 12.1 Å². The van der Waals surface area contributed by atoms with Crippen molar-refractivity contribution in [1.29, 1.82) is 0 Å². The molecule has 0 spiro atoms. The molecule has 1 aromatic rings. The topological polar surface area (TPSA) is 65.5 Å². The first kappa shape index (κ1) is 12.4. The van der Waals surface area contributed by atoms with E-state index in [2.05, 4.69) is 15.2 Å². The van der Waals surface area contributed by atoms with Crippen LogP contribution in [0.5, 0.6) is 5.75 Å². The first-order valence-corrected chi connectivity index (χ1v) is 5.16. The average Bonchev–Trinajstić information content (AvgIpc) is 2.24. The third kappa shape index (κ3) is 4.27. The number of nitrogens with zero attached hydrogens (tertiary/aromatic N) is 2. The van der Waals surface area contributed by atoms with Crippen LogP contribution in [-0.2, 0) is 0 Å². The number of aromatic hydroxyl groups is 1. The standard InChI is InChI=1S/C11H17N3O2/c1-14(2)5-3-4-13-11(16)9-6-10(15)8-12-7-9/h6-8,15H,3-5H2,1-2H3,(H,13,16). The highest BCUT2D eigenvalue weighted by atomic mass is 16.3. The van der Waals surface area contributed by atoms with Crippen LogP contribution >= 0.6 is 0 Å². The Bertz CT molecular complexity index is 353. The van der Waals surface area contributed by atoms with Crippen LogP contribution < -0.4 is 5.32 Å². The molecule has 0 atom stereocenters. The van der Waals surface area contributed by atoms with Gasteiger partial charge in [0.25, 0.3) is 5.91 Å². The second kappa shape index (κ2) is 6.07. The molecule has 5 nitrogen and oxygen atoms in total. The fourth-order valence-electron chi connectivity index (χ4n) is 1.25. The van der Waals surface area contributed by atoms with Gasteiger partial charge in [0.05, 0.1) is 11.8 Å². The molecule has 0 aliphatic heterocycles. The number of aromatic nitrogens is 1. The summed E-state index contributed by atoms with van der Waals surface area (Å²) in [4.78, 5) is 17.4. The van der Waals surface area contributed by atoms with Gasteiger partial charge in [-0.05, 0) is 33.1 Å². The normalized spacial score (nSPS) is 10.4. The number of carbonyl (C=O) groups excluding carboxylic acids is 1. The molecule has 2 N–H and O–H groups in total. The summed E-state index contributed by atoms with van der Waals surface area (Å²) in [6, 6.07) is 1.40. The Balaban J connectivity index is 2.35. The van der Waals surface area contributed by atoms with Gasteiger partial charge in [-0.15, -0.1) is 0 Å². The summed E-state index contributed by atoms with van der Waals surface area (Å²) in [6.07, 6.45) is 3.62. The molecule has 0 saturated heterocycles. The molecule has 0 unspecified atom stereocenters. The minimum atomic E-state index is -0.206. The molecule has 16 heavy (non-hydrogen) atoms. The molecule has 0 saturated carbocycles. The lowest BCUT2D eigenvalue weighted by atomic mass is 10.2. The predicted octanol–water partition coefficient (Wildman–Crippen LogP) is 0.469. The van der Waals surface area contributed by atoms with E-state index in [9.17, 15) is 4.79 Å². The monoisotopic (exact) mass is 223 g/mol. The maximum absolute atomic E-state index is 11.6. The lowest BCUT2D eigenvalue weighted by Crippen LogP contribution is -2.27. The van der Waals surface area contributed by atoms with Crippen molar-refractivity contribution in [3.05, 3.63) is 24.0 Å². The van der Waals surface area contributed by atoms with Crippen LogP contribution in [0.2, 0.25) is 0 Å². The van der Waals surface area contributed by atoms with Crippen LogP contribution in [0, 0.1) is 0 Å². The molecule has 5 heteroatoms. The van der Waals surface area contributed by atoms with Crippen molar-refractivity contribution in [1.82, 2.24) is 15.2 Å². The zero-order chi connectivity index (χ0) is 12.0. The average molecular weight is 223 g/mol. The SMILES string of the molecule is CN(C)CCCNC(=O)c1cncc(O)c1. The summed E-state index contributed by atoms with van der Waals surface area (Å²) in [5.74, 6) is -0.205. The number of rotatable bonds is 5. The molecule has 1 aromatic heterocycles. The van der Waals surface area contributed by atoms with E-state index < -0.39 is 0 Å². The van der Waals surface area contributed by atoms with E-state index in [-0.39, 0.29) is 11.7 Å². The minimum absolute atomic E-state index is 0.000872. The lowest BCUT2D eigenvalue weighted by Gasteiger charge is -2.09. The van der Waals surface area contributed by atoms with Crippen LogP contribution in [-0.4, -0.2) is 48.1 Å². The lowest BCUT2D eigenvalue weighted by molar-refractivity contribution is 0.0951. The van der Waals surface area contributed by atoms with Gasteiger partial charge in [0.2, 0.25) is 0 Å². The summed E-state index contributed by atoms with van der Waals surface area (Å²) >= 11 is 0.